The van der Waals surface area contributed by atoms with Gasteiger partial charge in [0, 0.05) is 15.6 Å². The molecule has 0 saturated heterocycles. The van der Waals surface area contributed by atoms with E-state index in [1.807, 2.05) is 0 Å². The van der Waals surface area contributed by atoms with Crippen molar-refractivity contribution in [1.29, 1.82) is 0 Å². The Labute approximate surface area is 83.4 Å². The highest BCUT2D eigenvalue weighted by Gasteiger charge is 2.09. The summed E-state index contributed by atoms with van der Waals surface area (Å²) in [6.07, 6.45) is 0. The second kappa shape index (κ2) is 3.25. The van der Waals surface area contributed by atoms with Crippen molar-refractivity contribution in [2.24, 2.45) is 0 Å². The molecule has 1 N–H and O–H groups in total. The maximum atomic E-state index is 12.8. The Hall–Kier alpha value is -0.640. The molecule has 0 saturated carbocycles. The van der Waals surface area contributed by atoms with E-state index in [0.29, 0.717) is 15.3 Å². The lowest BCUT2D eigenvalue weighted by Gasteiger charge is -1.93. The van der Waals surface area contributed by atoms with Crippen LogP contribution in [0.3, 0.4) is 0 Å². The van der Waals surface area contributed by atoms with Gasteiger partial charge >= 0.3 is 0 Å². The number of halogens is 2. The van der Waals surface area contributed by atoms with Crippen LogP contribution in [0.1, 0.15) is 5.56 Å². The molecule has 0 aliphatic heterocycles. The van der Waals surface area contributed by atoms with Crippen LogP contribution in [-0.4, -0.2) is 5.11 Å². The Kier molecular flexibility index (Phi) is 2.24. The van der Waals surface area contributed by atoms with Crippen LogP contribution in [0.4, 0.5) is 4.39 Å². The smallest absolute Gasteiger partial charge is 0.123 e. The fourth-order valence-electron chi connectivity index (χ4n) is 1.24. The molecule has 1 nitrogen and oxygen atoms in total. The topological polar surface area (TPSA) is 20.2 Å². The van der Waals surface area contributed by atoms with E-state index in [-0.39, 0.29) is 12.4 Å². The van der Waals surface area contributed by atoms with Crippen molar-refractivity contribution < 1.29 is 9.50 Å². The van der Waals surface area contributed by atoms with Gasteiger partial charge in [0.25, 0.3) is 0 Å². The lowest BCUT2D eigenvalue weighted by atomic mass is 10.2. The molecule has 0 aliphatic rings. The van der Waals surface area contributed by atoms with E-state index in [0.717, 1.165) is 4.70 Å². The number of aliphatic hydroxyl groups excluding tert-OH is 1. The molecule has 1 aromatic heterocycles. The molecule has 13 heavy (non-hydrogen) atoms. The fourth-order valence-corrected chi connectivity index (χ4v) is 2.57. The number of hydrogen-bond acceptors (Lipinski definition) is 2. The van der Waals surface area contributed by atoms with Crippen LogP contribution in [0.5, 0.6) is 0 Å². The van der Waals surface area contributed by atoms with Gasteiger partial charge in [0.2, 0.25) is 0 Å². The number of aliphatic hydroxyl groups is 1. The highest BCUT2D eigenvalue weighted by Crippen LogP contribution is 2.35. The summed E-state index contributed by atoms with van der Waals surface area (Å²) in [5.41, 5.74) is 0.612. The van der Waals surface area contributed by atoms with Crippen LogP contribution in [0.15, 0.2) is 18.2 Å². The molecule has 0 unspecified atom stereocenters. The molecule has 0 atom stereocenters. The first-order valence-corrected chi connectivity index (χ1v) is 4.89. The molecular weight excluding hydrogens is 211 g/mol. The van der Waals surface area contributed by atoms with Gasteiger partial charge in [0.1, 0.15) is 5.82 Å². The quantitative estimate of drug-likeness (QED) is 0.776. The zero-order valence-corrected chi connectivity index (χ0v) is 8.12. The molecule has 1 aromatic carbocycles. The maximum absolute atomic E-state index is 12.8. The van der Waals surface area contributed by atoms with E-state index in [9.17, 15) is 4.39 Å². The Bertz CT molecular complexity index is 452. The SMILES string of the molecule is OCc1c(Cl)sc2ccc(F)cc12. The van der Waals surface area contributed by atoms with Gasteiger partial charge in [-0.05, 0) is 18.2 Å². The minimum absolute atomic E-state index is 0.151. The predicted octanol–water partition coefficient (Wildman–Crippen LogP) is 3.19. The van der Waals surface area contributed by atoms with E-state index in [1.54, 1.807) is 6.07 Å². The Morgan fingerprint density at radius 2 is 2.23 bits per heavy atom. The second-order valence-electron chi connectivity index (χ2n) is 2.65. The molecule has 2 aromatic rings. The third-order valence-corrected chi connectivity index (χ3v) is 3.32. The predicted molar refractivity (Wildman–Crippen MR) is 52.7 cm³/mol. The van der Waals surface area contributed by atoms with Crippen LogP contribution in [-0.2, 0) is 6.61 Å². The number of thiophene rings is 1. The number of rotatable bonds is 1. The first-order valence-electron chi connectivity index (χ1n) is 3.69. The van der Waals surface area contributed by atoms with Gasteiger partial charge in [0.05, 0.1) is 10.9 Å². The summed E-state index contributed by atoms with van der Waals surface area (Å²) in [4.78, 5) is 0. The standard InChI is InChI=1S/C9H6ClFOS/c10-9-7(4-12)6-3-5(11)1-2-8(6)13-9/h1-3,12H,4H2. The maximum Gasteiger partial charge on any atom is 0.123 e. The molecular formula is C9H6ClFOS. The average Bonchev–Trinajstić information content (AvgIpc) is 2.40. The zero-order valence-electron chi connectivity index (χ0n) is 6.55. The van der Waals surface area contributed by atoms with E-state index >= 15 is 0 Å². The van der Waals surface area contributed by atoms with Crippen LogP contribution in [0, 0.1) is 5.82 Å². The molecule has 0 radical (unpaired) electrons. The summed E-state index contributed by atoms with van der Waals surface area (Å²) >= 11 is 7.21. The normalized spacial score (nSPS) is 11.0. The van der Waals surface area contributed by atoms with Gasteiger partial charge in [-0.2, -0.15) is 0 Å². The molecule has 68 valence electrons. The lowest BCUT2D eigenvalue weighted by Crippen LogP contribution is -1.81. The van der Waals surface area contributed by atoms with Crippen molar-refractivity contribution >= 4 is 33.0 Å². The van der Waals surface area contributed by atoms with E-state index in [4.69, 9.17) is 16.7 Å². The summed E-state index contributed by atoms with van der Waals surface area (Å²) in [7, 11) is 0. The van der Waals surface area contributed by atoms with Crippen LogP contribution < -0.4 is 0 Å². The second-order valence-corrected chi connectivity index (χ2v) is 4.31. The van der Waals surface area contributed by atoms with Crippen molar-refractivity contribution in [3.8, 4) is 0 Å². The molecule has 0 amide bonds. The van der Waals surface area contributed by atoms with Crippen molar-refractivity contribution in [2.45, 2.75) is 6.61 Å². The number of benzene rings is 1. The van der Waals surface area contributed by atoms with Gasteiger partial charge in [-0.1, -0.05) is 11.6 Å². The summed E-state index contributed by atoms with van der Waals surface area (Å²) in [6, 6.07) is 4.44. The van der Waals surface area contributed by atoms with E-state index < -0.39 is 0 Å². The van der Waals surface area contributed by atoms with Crippen molar-refractivity contribution in [3.05, 3.63) is 33.9 Å². The fraction of sp³-hybridized carbons (Fsp3) is 0.111. The van der Waals surface area contributed by atoms with Gasteiger partial charge in [-0.3, -0.25) is 0 Å². The average molecular weight is 217 g/mol. The molecule has 0 aliphatic carbocycles. The largest absolute Gasteiger partial charge is 0.392 e. The van der Waals surface area contributed by atoms with Crippen LogP contribution in [0.2, 0.25) is 4.34 Å². The molecule has 0 fully saturated rings. The summed E-state index contributed by atoms with van der Waals surface area (Å²) in [6.45, 7) is -0.151. The van der Waals surface area contributed by atoms with Crippen molar-refractivity contribution in [1.82, 2.24) is 0 Å². The molecule has 0 bridgehead atoms. The third kappa shape index (κ3) is 1.43. The third-order valence-electron chi connectivity index (χ3n) is 1.86. The first-order chi connectivity index (χ1) is 6.22. The van der Waals surface area contributed by atoms with Crippen LogP contribution >= 0.6 is 22.9 Å². The molecule has 2 rings (SSSR count). The summed E-state index contributed by atoms with van der Waals surface area (Å²) < 4.78 is 14.3. The Balaban J connectivity index is 2.80. The first kappa shape index (κ1) is 8.94. The Morgan fingerprint density at radius 3 is 2.92 bits per heavy atom. The lowest BCUT2D eigenvalue weighted by molar-refractivity contribution is 0.284. The number of fused-ring (bicyclic) bond motifs is 1. The summed E-state index contributed by atoms with van der Waals surface area (Å²) in [5.74, 6) is -0.309. The number of hydrogen-bond donors (Lipinski definition) is 1. The zero-order chi connectivity index (χ0) is 9.42. The summed E-state index contributed by atoms with van der Waals surface area (Å²) in [5, 5.41) is 9.70. The van der Waals surface area contributed by atoms with E-state index in [2.05, 4.69) is 0 Å². The monoisotopic (exact) mass is 216 g/mol. The molecule has 1 heterocycles. The Morgan fingerprint density at radius 1 is 1.46 bits per heavy atom. The highest BCUT2D eigenvalue weighted by molar-refractivity contribution is 7.22. The highest BCUT2D eigenvalue weighted by atomic mass is 35.5. The van der Waals surface area contributed by atoms with Crippen molar-refractivity contribution in [3.63, 3.8) is 0 Å². The van der Waals surface area contributed by atoms with E-state index in [1.165, 1.54) is 23.5 Å². The van der Waals surface area contributed by atoms with Crippen molar-refractivity contribution in [2.75, 3.05) is 0 Å². The molecule has 0 spiro atoms. The minimum Gasteiger partial charge on any atom is -0.392 e. The van der Waals surface area contributed by atoms with Gasteiger partial charge in [-0.15, -0.1) is 11.3 Å². The molecule has 4 heteroatoms. The van der Waals surface area contributed by atoms with Crippen LogP contribution in [0.25, 0.3) is 10.1 Å². The minimum atomic E-state index is -0.309. The van der Waals surface area contributed by atoms with Gasteiger partial charge < -0.3 is 5.11 Å². The van der Waals surface area contributed by atoms with Gasteiger partial charge in [0.15, 0.2) is 0 Å². The van der Waals surface area contributed by atoms with Gasteiger partial charge in [-0.25, -0.2) is 4.39 Å².